The predicted molar refractivity (Wildman–Crippen MR) is 71.7 cm³/mol. The second-order valence-electron chi connectivity index (χ2n) is 4.51. The molecule has 6 heteroatoms. The van der Waals surface area contributed by atoms with Crippen molar-refractivity contribution in [1.29, 1.82) is 0 Å². The second-order valence-corrected chi connectivity index (χ2v) is 4.51. The Balaban J connectivity index is 2.03. The van der Waals surface area contributed by atoms with Gasteiger partial charge < -0.3 is 0 Å². The van der Waals surface area contributed by atoms with Crippen molar-refractivity contribution >= 4 is 16.9 Å². The van der Waals surface area contributed by atoms with Gasteiger partial charge in [0.15, 0.2) is 0 Å². The van der Waals surface area contributed by atoms with Crippen molar-refractivity contribution in [2.24, 2.45) is 0 Å². The van der Waals surface area contributed by atoms with Crippen molar-refractivity contribution in [1.82, 2.24) is 25.9 Å². The lowest BCUT2D eigenvalue weighted by Gasteiger charge is -2.38. The van der Waals surface area contributed by atoms with Crippen LogP contribution in [0.2, 0.25) is 0 Å². The number of fused-ring (bicyclic) bond motifs is 1. The van der Waals surface area contributed by atoms with E-state index in [1.165, 1.54) is 10.0 Å². The van der Waals surface area contributed by atoms with E-state index in [0.29, 0.717) is 0 Å². The summed E-state index contributed by atoms with van der Waals surface area (Å²) < 4.78 is 0. The number of pyridine rings is 1. The summed E-state index contributed by atoms with van der Waals surface area (Å²) in [5.74, 6) is 0. The normalized spacial score (nSPS) is 17.3. The number of urea groups is 1. The van der Waals surface area contributed by atoms with E-state index in [-0.39, 0.29) is 12.2 Å². The van der Waals surface area contributed by atoms with Crippen LogP contribution in [0.3, 0.4) is 0 Å². The monoisotopic (exact) mass is 257 g/mol. The maximum Gasteiger partial charge on any atom is 0.348 e. The lowest BCUT2D eigenvalue weighted by Crippen LogP contribution is -2.62. The summed E-state index contributed by atoms with van der Waals surface area (Å²) in [6.45, 7) is 0. The van der Waals surface area contributed by atoms with E-state index >= 15 is 0 Å². The first-order valence-corrected chi connectivity index (χ1v) is 6.04. The number of hydrogen-bond acceptors (Lipinski definition) is 4. The third-order valence-electron chi connectivity index (χ3n) is 3.19. The molecule has 2 N–H and O–H groups in total. The van der Waals surface area contributed by atoms with Gasteiger partial charge in [-0.2, -0.15) is 0 Å². The van der Waals surface area contributed by atoms with Gasteiger partial charge in [-0.15, -0.1) is 0 Å². The van der Waals surface area contributed by atoms with Crippen molar-refractivity contribution in [3.05, 3.63) is 42.1 Å². The number of hydrazine groups is 2. The number of carbonyl (C=O) groups excluding carboxylic acids is 1. The average Bonchev–Trinajstić information content (AvgIpc) is 2.43. The molecule has 98 valence electrons. The lowest BCUT2D eigenvalue weighted by molar-refractivity contribution is 0.0584. The second kappa shape index (κ2) is 4.49. The van der Waals surface area contributed by atoms with Gasteiger partial charge in [0.25, 0.3) is 0 Å². The van der Waals surface area contributed by atoms with Gasteiger partial charge in [-0.3, -0.25) is 15.0 Å². The first kappa shape index (κ1) is 11.9. The van der Waals surface area contributed by atoms with Gasteiger partial charge in [-0.1, -0.05) is 24.3 Å². The maximum atomic E-state index is 11.7. The zero-order valence-corrected chi connectivity index (χ0v) is 10.8. The molecule has 0 bridgehead atoms. The molecule has 1 aliphatic rings. The van der Waals surface area contributed by atoms with E-state index in [1.54, 1.807) is 20.3 Å². The standard InChI is InChI=1S/C13H15N5O/c1-17-13(19)18(2)16-12(15-17)10-7-3-5-9-6-4-8-14-11(9)10/h3-8,12,15-16H,1-2H3. The molecule has 0 spiro atoms. The first-order valence-electron chi connectivity index (χ1n) is 6.04. The Morgan fingerprint density at radius 3 is 2.53 bits per heavy atom. The Morgan fingerprint density at radius 1 is 1.11 bits per heavy atom. The van der Waals surface area contributed by atoms with Crippen LogP contribution in [-0.4, -0.2) is 35.1 Å². The number of benzene rings is 1. The highest BCUT2D eigenvalue weighted by atomic mass is 16.2. The molecule has 0 radical (unpaired) electrons. The first-order chi connectivity index (χ1) is 9.16. The quantitative estimate of drug-likeness (QED) is 0.807. The fraction of sp³-hybridized carbons (Fsp3) is 0.231. The van der Waals surface area contributed by atoms with E-state index in [1.807, 2.05) is 30.3 Å². The number of rotatable bonds is 1. The van der Waals surface area contributed by atoms with Crippen LogP contribution >= 0.6 is 0 Å². The van der Waals surface area contributed by atoms with Crippen LogP contribution in [0.1, 0.15) is 11.7 Å². The number of para-hydroxylation sites is 1. The average molecular weight is 257 g/mol. The van der Waals surface area contributed by atoms with Gasteiger partial charge in [0.2, 0.25) is 0 Å². The molecule has 1 aromatic carbocycles. The fourth-order valence-corrected chi connectivity index (χ4v) is 2.25. The van der Waals surface area contributed by atoms with Gasteiger partial charge in [-0.05, 0) is 6.07 Å². The molecule has 0 aliphatic carbocycles. The van der Waals surface area contributed by atoms with Crippen molar-refractivity contribution in [3.8, 4) is 0 Å². The van der Waals surface area contributed by atoms with Crippen LogP contribution in [0.4, 0.5) is 4.79 Å². The Bertz CT molecular complexity index is 610. The van der Waals surface area contributed by atoms with Gasteiger partial charge in [0.05, 0.1) is 5.52 Å². The summed E-state index contributed by atoms with van der Waals surface area (Å²) in [4.78, 5) is 16.1. The molecule has 6 nitrogen and oxygen atoms in total. The molecule has 2 aromatic rings. The van der Waals surface area contributed by atoms with E-state index in [9.17, 15) is 4.79 Å². The molecule has 2 amide bonds. The lowest BCUT2D eigenvalue weighted by atomic mass is 10.1. The van der Waals surface area contributed by atoms with Crippen LogP contribution < -0.4 is 10.9 Å². The van der Waals surface area contributed by atoms with Crippen LogP contribution in [0.5, 0.6) is 0 Å². The zero-order chi connectivity index (χ0) is 13.4. The molecular formula is C13H15N5O. The van der Waals surface area contributed by atoms with Crippen molar-refractivity contribution < 1.29 is 4.79 Å². The van der Waals surface area contributed by atoms with E-state index in [4.69, 9.17) is 0 Å². The Kier molecular flexibility index (Phi) is 2.81. The summed E-state index contributed by atoms with van der Waals surface area (Å²) in [6, 6.07) is 9.80. The van der Waals surface area contributed by atoms with Crippen LogP contribution in [0.25, 0.3) is 10.9 Å². The minimum Gasteiger partial charge on any atom is -0.260 e. The molecule has 19 heavy (non-hydrogen) atoms. The predicted octanol–water partition coefficient (Wildman–Crippen LogP) is 1.24. The van der Waals surface area contributed by atoms with Crippen LogP contribution in [0, 0.1) is 0 Å². The smallest absolute Gasteiger partial charge is 0.260 e. The molecule has 1 aromatic heterocycles. The highest BCUT2D eigenvalue weighted by Crippen LogP contribution is 2.22. The van der Waals surface area contributed by atoms with Crippen molar-refractivity contribution in [2.75, 3.05) is 14.1 Å². The van der Waals surface area contributed by atoms with Crippen molar-refractivity contribution in [2.45, 2.75) is 6.17 Å². The number of nitrogens with zero attached hydrogens (tertiary/aromatic N) is 3. The number of carbonyl (C=O) groups is 1. The minimum atomic E-state index is -0.189. The number of aromatic nitrogens is 1. The Labute approximate surface area is 111 Å². The fourth-order valence-electron chi connectivity index (χ4n) is 2.25. The topological polar surface area (TPSA) is 60.5 Å². The van der Waals surface area contributed by atoms with E-state index < -0.39 is 0 Å². The third kappa shape index (κ3) is 2.00. The minimum absolute atomic E-state index is 0.135. The molecule has 0 unspecified atom stereocenters. The van der Waals surface area contributed by atoms with Gasteiger partial charge in [-0.25, -0.2) is 15.6 Å². The molecule has 3 rings (SSSR count). The van der Waals surface area contributed by atoms with Gasteiger partial charge >= 0.3 is 6.03 Å². The summed E-state index contributed by atoms with van der Waals surface area (Å²) in [5, 5.41) is 4.00. The number of hydrogen-bond donors (Lipinski definition) is 2. The van der Waals surface area contributed by atoms with E-state index in [2.05, 4.69) is 15.8 Å². The third-order valence-corrected chi connectivity index (χ3v) is 3.19. The van der Waals surface area contributed by atoms with Gasteiger partial charge in [0, 0.05) is 31.2 Å². The molecule has 1 saturated heterocycles. The van der Waals surface area contributed by atoms with Crippen LogP contribution in [0.15, 0.2) is 36.5 Å². The van der Waals surface area contributed by atoms with Crippen molar-refractivity contribution in [3.63, 3.8) is 0 Å². The molecule has 0 atom stereocenters. The summed E-state index contributed by atoms with van der Waals surface area (Å²) >= 11 is 0. The SMILES string of the molecule is CN1NC(c2cccc3cccnc23)NN(C)C1=O. The maximum absolute atomic E-state index is 11.7. The van der Waals surface area contributed by atoms with Gasteiger partial charge in [0.1, 0.15) is 6.17 Å². The molecular weight excluding hydrogens is 242 g/mol. The molecule has 0 saturated carbocycles. The molecule has 1 aliphatic heterocycles. The highest BCUT2D eigenvalue weighted by molar-refractivity contribution is 5.82. The highest BCUT2D eigenvalue weighted by Gasteiger charge is 2.28. The van der Waals surface area contributed by atoms with E-state index in [0.717, 1.165) is 16.5 Å². The summed E-state index contributed by atoms with van der Waals surface area (Å²) in [5.41, 5.74) is 8.12. The number of nitrogens with one attached hydrogen (secondary N) is 2. The Hall–Kier alpha value is -2.18. The molecule has 1 fully saturated rings. The summed E-state index contributed by atoms with van der Waals surface area (Å²) in [6.07, 6.45) is 1.58. The number of amides is 2. The van der Waals surface area contributed by atoms with Crippen LogP contribution in [-0.2, 0) is 0 Å². The largest absolute Gasteiger partial charge is 0.348 e. The summed E-state index contributed by atoms with van der Waals surface area (Å²) in [7, 11) is 3.40. The molecule has 2 heterocycles. The zero-order valence-electron chi connectivity index (χ0n) is 10.8. The Morgan fingerprint density at radius 2 is 1.79 bits per heavy atom.